The number of aromatic nitrogens is 4. The van der Waals surface area contributed by atoms with Gasteiger partial charge in [0.15, 0.2) is 23.9 Å². The number of nitrogens with one attached hydrogen (secondary N) is 3. The van der Waals surface area contributed by atoms with Crippen LogP contribution in [0.2, 0.25) is 0 Å². The van der Waals surface area contributed by atoms with Gasteiger partial charge in [0.2, 0.25) is 0 Å². The van der Waals surface area contributed by atoms with Gasteiger partial charge >= 0.3 is 21.7 Å². The first-order valence-corrected chi connectivity index (χ1v) is 18.9. The number of nitrogens with two attached hydrogens (primary N) is 1. The zero-order chi connectivity index (χ0) is 39.5. The molecule has 0 bridgehead atoms. The van der Waals surface area contributed by atoms with Gasteiger partial charge in [0.1, 0.15) is 48.5 Å². The Kier molecular flexibility index (Phi) is 10.8. The molecule has 5 heterocycles. The van der Waals surface area contributed by atoms with Gasteiger partial charge in [0, 0.05) is 6.54 Å². The van der Waals surface area contributed by atoms with Gasteiger partial charge < -0.3 is 66.4 Å². The monoisotopic (exact) mass is 805 g/mol. The number of rotatable bonds is 13. The lowest BCUT2D eigenvalue weighted by Gasteiger charge is -2.50. The second-order valence-corrected chi connectivity index (χ2v) is 15.7. The van der Waals surface area contributed by atoms with E-state index in [1.54, 1.807) is 26.0 Å². The lowest BCUT2D eigenvalue weighted by atomic mass is 9.96. The first-order chi connectivity index (χ1) is 25.2. The van der Waals surface area contributed by atoms with Crippen LogP contribution in [0.5, 0.6) is 0 Å². The van der Waals surface area contributed by atoms with Gasteiger partial charge in [0.25, 0.3) is 11.6 Å². The molecule has 0 radical (unpaired) electrons. The number of nitrogens with zero attached hydrogens (tertiary/aromatic N) is 5. The highest BCUT2D eigenvalue weighted by Crippen LogP contribution is 2.60. The summed E-state index contributed by atoms with van der Waals surface area (Å²) in [7, 11) is -11.1. The number of aryl methyl sites for hydroxylation is 2. The lowest BCUT2D eigenvalue weighted by molar-refractivity contribution is -0.141. The van der Waals surface area contributed by atoms with Crippen molar-refractivity contribution in [2.75, 3.05) is 35.7 Å². The van der Waals surface area contributed by atoms with Crippen molar-refractivity contribution in [2.24, 2.45) is 0 Å². The zero-order valence-corrected chi connectivity index (χ0v) is 29.9. The molecule has 296 valence electrons. The second kappa shape index (κ2) is 14.6. The number of carbonyl (C=O) groups is 2. The average molecular weight is 806 g/mol. The van der Waals surface area contributed by atoms with Crippen LogP contribution >= 0.6 is 15.6 Å². The first kappa shape index (κ1) is 39.8. The summed E-state index contributed by atoms with van der Waals surface area (Å²) >= 11 is 0. The molecule has 1 aromatic carbocycles. The summed E-state index contributed by atoms with van der Waals surface area (Å²) in [4.78, 5) is 58.1. The number of β-amino-alcohol motifs (C(OH)–C–C–N with tert-alkyl or cyclic N) is 1. The molecule has 2 fully saturated rings. The van der Waals surface area contributed by atoms with Crippen LogP contribution in [0.3, 0.4) is 0 Å². The van der Waals surface area contributed by atoms with Crippen LogP contribution in [-0.2, 0) is 32.0 Å². The Balaban J connectivity index is 1.05. The van der Waals surface area contributed by atoms with Gasteiger partial charge in [-0.2, -0.15) is 4.31 Å². The van der Waals surface area contributed by atoms with E-state index in [0.717, 1.165) is 17.5 Å². The van der Waals surface area contributed by atoms with E-state index in [1.165, 1.54) is 15.8 Å². The van der Waals surface area contributed by atoms with Gasteiger partial charge in [-0.1, -0.05) is 0 Å². The summed E-state index contributed by atoms with van der Waals surface area (Å²) in [5, 5.41) is 71.4. The smallest absolute Gasteiger partial charge is 0.388 e. The minimum Gasteiger partial charge on any atom is -0.388 e. The molecule has 6 rings (SSSR count). The predicted octanol–water partition coefficient (Wildman–Crippen LogP) is -3.24. The number of amides is 3. The van der Waals surface area contributed by atoms with Crippen molar-refractivity contribution in [3.8, 4) is 0 Å². The van der Waals surface area contributed by atoms with E-state index in [1.807, 2.05) is 5.32 Å². The highest BCUT2D eigenvalue weighted by Gasteiger charge is 2.56. The van der Waals surface area contributed by atoms with Crippen molar-refractivity contribution in [2.45, 2.75) is 68.6 Å². The van der Waals surface area contributed by atoms with Gasteiger partial charge in [0.05, 0.1) is 30.9 Å². The number of phosphoric acid groups is 2. The Bertz CT molecular complexity index is 2040. The topological polar surface area (TPSA) is 376 Å². The number of benzene rings is 1. The average Bonchev–Trinajstić information content (AvgIpc) is 3.64. The van der Waals surface area contributed by atoms with E-state index >= 15 is 0 Å². The minimum absolute atomic E-state index is 0.0243. The fraction of sp³-hybridized carbons (Fsp3) is 0.519. The largest absolute Gasteiger partial charge is 0.481 e. The maximum Gasteiger partial charge on any atom is 0.481 e. The van der Waals surface area contributed by atoms with Crippen LogP contribution in [-0.4, -0.2) is 140 Å². The first-order valence-electron chi connectivity index (χ1n) is 15.9. The van der Waals surface area contributed by atoms with E-state index in [4.69, 9.17) is 15.0 Å². The Labute approximate surface area is 303 Å². The number of aliphatic hydroxyl groups excluding tert-OH is 5. The fourth-order valence-corrected chi connectivity index (χ4v) is 8.13. The zero-order valence-electron chi connectivity index (χ0n) is 28.1. The van der Waals surface area contributed by atoms with Gasteiger partial charge in [-0.3, -0.25) is 23.7 Å². The third kappa shape index (κ3) is 7.65. The third-order valence-electron chi connectivity index (χ3n) is 8.98. The SMILES string of the molecule is Cc1cc2c(cc1C)N(C[C@H](O)[C@H](O)[C@H](O)COP(=O)(O)OP(=O)(O)OC[C@H]1O[C@@H](n3cnc4c(N)ncnc43)[C@H](O)[C@@H]1O)[C@@H]1NC(=O)NC(=O)[C@@]1(O)N2. The number of phosphoric ester groups is 2. The molecule has 11 atom stereocenters. The molecule has 54 heavy (non-hydrogen) atoms. The minimum atomic E-state index is -5.57. The van der Waals surface area contributed by atoms with Crippen LogP contribution in [0.1, 0.15) is 17.4 Å². The van der Waals surface area contributed by atoms with Crippen molar-refractivity contribution in [3.05, 3.63) is 35.9 Å². The highest BCUT2D eigenvalue weighted by molar-refractivity contribution is 7.61. The molecule has 0 spiro atoms. The molecular weight excluding hydrogens is 768 g/mol. The normalized spacial score (nSPS) is 29.2. The maximum absolute atomic E-state index is 12.7. The Morgan fingerprint density at radius 2 is 1.70 bits per heavy atom. The second-order valence-electron chi connectivity index (χ2n) is 12.7. The Morgan fingerprint density at radius 1 is 1.02 bits per heavy atom. The standard InChI is InChI=1S/C27H37N9O16P2/c1-10-3-12-13(4-11(10)2)35(24-27(44,34-12)25(42)33-26(43)32-24)5-14(37)18(39)15(38)6-49-53(45,46)52-54(47,48)50-7-16-19(40)20(41)23(51-16)36-9-31-17-21(28)29-8-30-22(17)36/h3-4,8-9,14-16,18-20,23-24,34,37-41,44H,5-7H2,1-2H3,(H,45,46)(H,47,48)(H2,28,29,30)(H2,32,33,42,43)/t14-,15+,16+,18-,19+,20+,23+,24-,27+/m0/s1. The van der Waals surface area contributed by atoms with Crippen LogP contribution in [0.25, 0.3) is 11.2 Å². The van der Waals surface area contributed by atoms with E-state index in [0.29, 0.717) is 0 Å². The predicted molar refractivity (Wildman–Crippen MR) is 179 cm³/mol. The summed E-state index contributed by atoms with van der Waals surface area (Å²) in [6.07, 6.45) is -11.6. The number of hydrogen-bond donors (Lipinski definition) is 12. The molecule has 2 aromatic heterocycles. The molecule has 2 unspecified atom stereocenters. The summed E-state index contributed by atoms with van der Waals surface area (Å²) < 4.78 is 45.4. The van der Waals surface area contributed by atoms with Gasteiger partial charge in [-0.25, -0.2) is 28.9 Å². The third-order valence-corrected chi connectivity index (χ3v) is 11.6. The van der Waals surface area contributed by atoms with Crippen LogP contribution < -0.4 is 26.6 Å². The highest BCUT2D eigenvalue weighted by atomic mass is 31.3. The number of fused-ring (bicyclic) bond motifs is 3. The molecule has 25 nitrogen and oxygen atoms in total. The van der Waals surface area contributed by atoms with Crippen LogP contribution in [0.4, 0.5) is 22.0 Å². The van der Waals surface area contributed by atoms with Crippen molar-refractivity contribution in [1.82, 2.24) is 30.2 Å². The summed E-state index contributed by atoms with van der Waals surface area (Å²) in [5.74, 6) is -1.09. The Hall–Kier alpha value is -3.91. The van der Waals surface area contributed by atoms with Crippen molar-refractivity contribution < 1.29 is 77.2 Å². The molecule has 3 aliphatic rings. The number of urea groups is 1. The molecule has 3 amide bonds. The number of carbonyl (C=O) groups excluding carboxylic acids is 2. The van der Waals surface area contributed by atoms with Crippen LogP contribution in [0.15, 0.2) is 24.8 Å². The fourth-order valence-electron chi connectivity index (χ4n) is 6.04. The van der Waals surface area contributed by atoms with E-state index in [2.05, 4.69) is 34.4 Å². The number of anilines is 3. The van der Waals surface area contributed by atoms with Gasteiger partial charge in [-0.05, 0) is 37.1 Å². The Morgan fingerprint density at radius 3 is 2.43 bits per heavy atom. The molecule has 3 aromatic rings. The molecule has 0 aliphatic carbocycles. The van der Waals surface area contributed by atoms with Crippen molar-refractivity contribution in [3.63, 3.8) is 0 Å². The van der Waals surface area contributed by atoms with E-state index in [-0.39, 0.29) is 28.4 Å². The molecule has 3 aliphatic heterocycles. The molecular formula is C27H37N9O16P2. The van der Waals surface area contributed by atoms with E-state index in [9.17, 15) is 59.1 Å². The molecule has 2 saturated heterocycles. The number of aliphatic hydroxyl groups is 6. The molecule has 13 N–H and O–H groups in total. The molecule has 27 heteroatoms. The number of imide groups is 1. The molecule has 0 saturated carbocycles. The summed E-state index contributed by atoms with van der Waals surface area (Å²) in [5.41, 5.74) is 5.61. The number of hydrogen-bond acceptors (Lipinski definition) is 20. The number of nitrogen functional groups attached to an aromatic ring is 1. The summed E-state index contributed by atoms with van der Waals surface area (Å²) in [6, 6.07) is 2.25. The van der Waals surface area contributed by atoms with Crippen LogP contribution in [0, 0.1) is 13.8 Å². The van der Waals surface area contributed by atoms with Crippen molar-refractivity contribution in [1.29, 1.82) is 0 Å². The summed E-state index contributed by atoms with van der Waals surface area (Å²) in [6.45, 7) is 0.634. The number of ether oxygens (including phenoxy) is 1. The van der Waals surface area contributed by atoms with Gasteiger partial charge in [-0.15, -0.1) is 0 Å². The maximum atomic E-state index is 12.7. The quantitative estimate of drug-likeness (QED) is 0.0755. The number of imidazole rings is 1. The van der Waals surface area contributed by atoms with Crippen molar-refractivity contribution >= 4 is 55.9 Å². The van der Waals surface area contributed by atoms with E-state index < -0.39 is 102 Å². The lowest BCUT2D eigenvalue weighted by Crippen LogP contribution is -2.78.